The third kappa shape index (κ3) is 6.71. The van der Waals surface area contributed by atoms with Crippen molar-refractivity contribution >= 4 is 12.0 Å². The number of aliphatic carboxylic acids is 1. The predicted octanol–water partition coefficient (Wildman–Crippen LogP) is 3.17. The molecule has 23 heavy (non-hydrogen) atoms. The Balaban J connectivity index is 3.08. The number of hydrogen-bond acceptors (Lipinski definition) is 5. The maximum atomic E-state index is 11.3. The molecular weight excluding hydrogens is 300 g/mol. The van der Waals surface area contributed by atoms with Crippen LogP contribution >= 0.6 is 0 Å². The van der Waals surface area contributed by atoms with Gasteiger partial charge in [-0.25, -0.2) is 4.79 Å². The van der Waals surface area contributed by atoms with Gasteiger partial charge in [0.15, 0.2) is 25.1 Å². The van der Waals surface area contributed by atoms with Gasteiger partial charge in [0, 0.05) is 19.8 Å². The minimum absolute atomic E-state index is 0.0638. The van der Waals surface area contributed by atoms with Crippen molar-refractivity contribution in [2.45, 2.75) is 20.3 Å². The fraction of sp³-hybridized carbons (Fsp3) is 0.471. The molecule has 1 N–H and O–H groups in total. The monoisotopic (exact) mass is 324 g/mol. The van der Waals surface area contributed by atoms with Crippen molar-refractivity contribution in [1.82, 2.24) is 0 Å². The lowest BCUT2D eigenvalue weighted by atomic mass is 10.0. The zero-order chi connectivity index (χ0) is 17.2. The fourth-order valence-corrected chi connectivity index (χ4v) is 1.94. The third-order valence-electron chi connectivity index (χ3n) is 2.88. The van der Waals surface area contributed by atoms with Gasteiger partial charge < -0.3 is 24.1 Å². The van der Waals surface area contributed by atoms with E-state index in [4.69, 9.17) is 18.9 Å². The Kier molecular flexibility index (Phi) is 8.15. The normalized spacial score (nSPS) is 11.6. The Bertz CT molecular complexity index is 536. The number of methoxy groups -OCH3 is 2. The quantitative estimate of drug-likeness (QED) is 0.526. The van der Waals surface area contributed by atoms with Crippen LogP contribution < -0.4 is 9.47 Å². The molecule has 0 aromatic heterocycles. The van der Waals surface area contributed by atoms with Crippen molar-refractivity contribution in [3.05, 3.63) is 29.3 Å². The van der Waals surface area contributed by atoms with Crippen LogP contribution in [0.3, 0.4) is 0 Å². The van der Waals surface area contributed by atoms with E-state index in [-0.39, 0.29) is 19.5 Å². The second kappa shape index (κ2) is 9.86. The topological polar surface area (TPSA) is 74.2 Å². The van der Waals surface area contributed by atoms with Gasteiger partial charge in [-0.05, 0) is 36.1 Å². The summed E-state index contributed by atoms with van der Waals surface area (Å²) in [6.07, 6.45) is 2.13. The molecule has 0 spiro atoms. The molecular formula is C17H24O6. The van der Waals surface area contributed by atoms with E-state index in [1.54, 1.807) is 24.3 Å². The van der Waals surface area contributed by atoms with E-state index < -0.39 is 5.97 Å². The first kappa shape index (κ1) is 19.0. The first-order chi connectivity index (χ1) is 11.0. The van der Waals surface area contributed by atoms with Gasteiger partial charge in [-0.2, -0.15) is 0 Å². The summed E-state index contributed by atoms with van der Waals surface area (Å²) in [6, 6.07) is 5.20. The van der Waals surface area contributed by atoms with Gasteiger partial charge in [0.2, 0.25) is 0 Å². The molecule has 0 aliphatic heterocycles. The second-order valence-electron chi connectivity index (χ2n) is 5.38. The summed E-state index contributed by atoms with van der Waals surface area (Å²) in [5, 5.41) is 9.30. The molecule has 6 nitrogen and oxygen atoms in total. The van der Waals surface area contributed by atoms with Crippen LogP contribution in [0.15, 0.2) is 23.8 Å². The van der Waals surface area contributed by atoms with Gasteiger partial charge >= 0.3 is 5.97 Å². The second-order valence-corrected chi connectivity index (χ2v) is 5.38. The standard InChI is InChI=1S/C17H24O6/c1-12(2)7-14(17(18)19)8-13-5-6-15(22-10-20-3)16(9-13)23-11-21-4/h5-6,8-9,12H,7,10-11H2,1-4H3,(H,18,19)/b14-8+. The highest BCUT2D eigenvalue weighted by atomic mass is 16.7. The van der Waals surface area contributed by atoms with Crippen LogP contribution in [0.5, 0.6) is 11.5 Å². The molecule has 1 rings (SSSR count). The van der Waals surface area contributed by atoms with Gasteiger partial charge in [0.1, 0.15) is 0 Å². The Hall–Kier alpha value is -2.05. The molecule has 0 saturated carbocycles. The number of carboxylic acids is 1. The fourth-order valence-electron chi connectivity index (χ4n) is 1.94. The van der Waals surface area contributed by atoms with Gasteiger partial charge in [-0.3, -0.25) is 0 Å². The Labute approximate surface area is 136 Å². The summed E-state index contributed by atoms with van der Waals surface area (Å²) in [5.41, 5.74) is 1.07. The van der Waals surface area contributed by atoms with Crippen molar-refractivity contribution in [3.63, 3.8) is 0 Å². The van der Waals surface area contributed by atoms with E-state index in [0.29, 0.717) is 23.5 Å². The number of ether oxygens (including phenoxy) is 4. The van der Waals surface area contributed by atoms with Crippen molar-refractivity contribution < 1.29 is 28.8 Å². The zero-order valence-corrected chi connectivity index (χ0v) is 14.0. The first-order valence-corrected chi connectivity index (χ1v) is 7.29. The molecule has 0 heterocycles. The van der Waals surface area contributed by atoms with E-state index >= 15 is 0 Å². The van der Waals surface area contributed by atoms with Crippen LogP contribution in [0.2, 0.25) is 0 Å². The van der Waals surface area contributed by atoms with Crippen LogP contribution in [0.4, 0.5) is 0 Å². The SMILES string of the molecule is COCOc1ccc(/C=C(\CC(C)C)C(=O)O)cc1OCOC. The molecule has 0 saturated heterocycles. The van der Waals surface area contributed by atoms with Crippen molar-refractivity contribution in [2.75, 3.05) is 27.8 Å². The lowest BCUT2D eigenvalue weighted by Gasteiger charge is -2.13. The number of carbonyl (C=O) groups is 1. The third-order valence-corrected chi connectivity index (χ3v) is 2.88. The van der Waals surface area contributed by atoms with Crippen LogP contribution in [-0.2, 0) is 14.3 Å². The molecule has 0 aliphatic carbocycles. The summed E-state index contributed by atoms with van der Waals surface area (Å²) in [4.78, 5) is 11.3. The Morgan fingerprint density at radius 1 is 1.13 bits per heavy atom. The van der Waals surface area contributed by atoms with E-state index in [1.165, 1.54) is 14.2 Å². The molecule has 0 radical (unpaired) electrons. The average molecular weight is 324 g/mol. The van der Waals surface area contributed by atoms with E-state index in [9.17, 15) is 9.90 Å². The lowest BCUT2D eigenvalue weighted by molar-refractivity contribution is -0.132. The highest BCUT2D eigenvalue weighted by Crippen LogP contribution is 2.30. The first-order valence-electron chi connectivity index (χ1n) is 7.29. The van der Waals surface area contributed by atoms with E-state index in [0.717, 1.165) is 5.56 Å². The average Bonchev–Trinajstić information content (AvgIpc) is 2.50. The highest BCUT2D eigenvalue weighted by molar-refractivity contribution is 5.92. The highest BCUT2D eigenvalue weighted by Gasteiger charge is 2.11. The van der Waals surface area contributed by atoms with Gasteiger partial charge in [0.05, 0.1) is 0 Å². The van der Waals surface area contributed by atoms with Crippen molar-refractivity contribution in [2.24, 2.45) is 5.92 Å². The largest absolute Gasteiger partial charge is 0.478 e. The molecule has 0 fully saturated rings. The maximum absolute atomic E-state index is 11.3. The summed E-state index contributed by atoms with van der Waals surface area (Å²) in [7, 11) is 3.04. The molecule has 0 amide bonds. The molecule has 128 valence electrons. The molecule has 0 bridgehead atoms. The van der Waals surface area contributed by atoms with Gasteiger partial charge in [0.25, 0.3) is 0 Å². The number of hydrogen-bond donors (Lipinski definition) is 1. The summed E-state index contributed by atoms with van der Waals surface area (Å²) in [5.74, 6) is 0.303. The molecule has 6 heteroatoms. The maximum Gasteiger partial charge on any atom is 0.331 e. The van der Waals surface area contributed by atoms with Gasteiger partial charge in [-0.1, -0.05) is 19.9 Å². The summed E-state index contributed by atoms with van der Waals surface area (Å²) in [6.45, 7) is 4.11. The summed E-state index contributed by atoms with van der Waals surface area (Å²) >= 11 is 0. The molecule has 0 unspecified atom stereocenters. The Morgan fingerprint density at radius 3 is 2.26 bits per heavy atom. The van der Waals surface area contributed by atoms with Crippen LogP contribution in [0.25, 0.3) is 6.08 Å². The minimum atomic E-state index is -0.919. The number of benzene rings is 1. The van der Waals surface area contributed by atoms with E-state index in [2.05, 4.69) is 0 Å². The Morgan fingerprint density at radius 2 is 1.74 bits per heavy atom. The zero-order valence-electron chi connectivity index (χ0n) is 14.0. The van der Waals surface area contributed by atoms with Crippen molar-refractivity contribution in [3.8, 4) is 11.5 Å². The van der Waals surface area contributed by atoms with E-state index in [1.807, 2.05) is 13.8 Å². The van der Waals surface area contributed by atoms with Crippen LogP contribution in [0.1, 0.15) is 25.8 Å². The predicted molar refractivity (Wildman–Crippen MR) is 86.5 cm³/mol. The molecule has 0 atom stereocenters. The number of carboxylic acid groups (broad SMARTS) is 1. The minimum Gasteiger partial charge on any atom is -0.478 e. The lowest BCUT2D eigenvalue weighted by Crippen LogP contribution is -2.05. The van der Waals surface area contributed by atoms with Crippen molar-refractivity contribution in [1.29, 1.82) is 0 Å². The number of rotatable bonds is 10. The summed E-state index contributed by atoms with van der Waals surface area (Å²) < 4.78 is 20.7. The van der Waals surface area contributed by atoms with Crippen LogP contribution in [0, 0.1) is 5.92 Å². The molecule has 0 aliphatic rings. The van der Waals surface area contributed by atoms with Crippen LogP contribution in [-0.4, -0.2) is 38.9 Å². The molecule has 1 aromatic rings. The van der Waals surface area contributed by atoms with Gasteiger partial charge in [-0.15, -0.1) is 0 Å². The molecule has 1 aromatic carbocycles. The smallest absolute Gasteiger partial charge is 0.331 e.